The second-order valence-electron chi connectivity index (χ2n) is 4.60. The van der Waals surface area contributed by atoms with Gasteiger partial charge in [-0.15, -0.1) is 6.58 Å². The van der Waals surface area contributed by atoms with Crippen molar-refractivity contribution >= 4 is 33.3 Å². The third kappa shape index (κ3) is 4.44. The number of rotatable bonds is 5. The highest BCUT2D eigenvalue weighted by Crippen LogP contribution is 2.24. The van der Waals surface area contributed by atoms with E-state index >= 15 is 0 Å². The van der Waals surface area contributed by atoms with E-state index in [1.807, 2.05) is 48.3 Å². The number of furan rings is 1. The van der Waals surface area contributed by atoms with E-state index in [0.717, 1.165) is 21.6 Å². The maximum absolute atomic E-state index is 5.87. The highest BCUT2D eigenvalue weighted by atomic mass is 79.9. The van der Waals surface area contributed by atoms with Crippen LogP contribution in [0.3, 0.4) is 0 Å². The summed E-state index contributed by atoms with van der Waals surface area (Å²) >= 11 is 8.70. The fourth-order valence-electron chi connectivity index (χ4n) is 1.83. The lowest BCUT2D eigenvalue weighted by molar-refractivity contribution is 0.412. The van der Waals surface area contributed by atoms with Gasteiger partial charge in [-0.2, -0.15) is 0 Å². The van der Waals surface area contributed by atoms with E-state index in [2.05, 4.69) is 27.8 Å². The van der Waals surface area contributed by atoms with Gasteiger partial charge in [0.15, 0.2) is 5.11 Å². The van der Waals surface area contributed by atoms with Crippen LogP contribution in [0.2, 0.25) is 0 Å². The van der Waals surface area contributed by atoms with Gasteiger partial charge in [0.1, 0.15) is 11.5 Å². The average Bonchev–Trinajstić information content (AvgIpc) is 2.93. The van der Waals surface area contributed by atoms with E-state index in [1.165, 1.54) is 0 Å². The number of nitrogens with one attached hydrogen (secondary N) is 1. The minimum absolute atomic E-state index is 0.625. The Morgan fingerprint density at radius 2 is 2.05 bits per heavy atom. The molecule has 2 rings (SSSR count). The van der Waals surface area contributed by atoms with Gasteiger partial charge in [0.2, 0.25) is 0 Å². The zero-order valence-corrected chi connectivity index (χ0v) is 14.2. The first-order chi connectivity index (χ1) is 10.1. The van der Waals surface area contributed by atoms with Crippen LogP contribution in [0.4, 0.5) is 0 Å². The van der Waals surface area contributed by atoms with E-state index in [-0.39, 0.29) is 0 Å². The van der Waals surface area contributed by atoms with Crippen molar-refractivity contribution in [2.45, 2.75) is 6.54 Å². The Morgan fingerprint density at radius 1 is 1.33 bits per heavy atom. The molecule has 1 N–H and O–H groups in total. The van der Waals surface area contributed by atoms with E-state index in [9.17, 15) is 0 Å². The number of nitrogens with zero attached hydrogens (tertiary/aromatic N) is 1. The lowest BCUT2D eigenvalue weighted by atomic mass is 10.2. The second-order valence-corrected chi connectivity index (χ2v) is 5.91. The molecule has 1 aromatic carbocycles. The molecule has 0 unspecified atom stereocenters. The summed E-state index contributed by atoms with van der Waals surface area (Å²) in [6.07, 6.45) is 1.78. The van der Waals surface area contributed by atoms with Gasteiger partial charge in [-0.1, -0.05) is 34.1 Å². The van der Waals surface area contributed by atoms with Crippen LogP contribution in [0.25, 0.3) is 11.3 Å². The first-order valence-corrected chi connectivity index (χ1v) is 7.75. The summed E-state index contributed by atoms with van der Waals surface area (Å²) in [7, 11) is 1.93. The lowest BCUT2D eigenvalue weighted by Crippen LogP contribution is -2.36. The molecule has 1 aromatic heterocycles. The molecule has 2 aromatic rings. The third-order valence-corrected chi connectivity index (χ3v) is 3.91. The van der Waals surface area contributed by atoms with Crippen molar-refractivity contribution in [2.24, 2.45) is 0 Å². The van der Waals surface area contributed by atoms with Crippen LogP contribution in [0.15, 0.2) is 57.9 Å². The van der Waals surface area contributed by atoms with Gasteiger partial charge in [0.05, 0.1) is 6.54 Å². The monoisotopic (exact) mass is 364 g/mol. The largest absolute Gasteiger partial charge is 0.459 e. The summed E-state index contributed by atoms with van der Waals surface area (Å²) in [6, 6.07) is 12.0. The molecule has 21 heavy (non-hydrogen) atoms. The summed E-state index contributed by atoms with van der Waals surface area (Å²) in [6.45, 7) is 4.94. The first kappa shape index (κ1) is 15.8. The Labute approximate surface area is 138 Å². The molecule has 0 bridgehead atoms. The Bertz CT molecular complexity index is 621. The van der Waals surface area contributed by atoms with Crippen LogP contribution in [0.5, 0.6) is 0 Å². The smallest absolute Gasteiger partial charge is 0.169 e. The fourth-order valence-corrected chi connectivity index (χ4v) is 2.24. The first-order valence-electron chi connectivity index (χ1n) is 6.54. The van der Waals surface area contributed by atoms with Gasteiger partial charge in [-0.25, -0.2) is 0 Å². The Kier molecular flexibility index (Phi) is 5.59. The number of halogens is 1. The number of hydrogen-bond donors (Lipinski definition) is 1. The van der Waals surface area contributed by atoms with Gasteiger partial charge in [0.25, 0.3) is 0 Å². The average molecular weight is 365 g/mol. The van der Waals surface area contributed by atoms with Crippen molar-refractivity contribution in [1.29, 1.82) is 0 Å². The Hall–Kier alpha value is -1.59. The van der Waals surface area contributed by atoms with Crippen molar-refractivity contribution < 1.29 is 4.42 Å². The molecule has 0 radical (unpaired) electrons. The molecule has 0 aliphatic heterocycles. The predicted molar refractivity (Wildman–Crippen MR) is 94.1 cm³/mol. The van der Waals surface area contributed by atoms with Crippen LogP contribution in [-0.2, 0) is 6.54 Å². The van der Waals surface area contributed by atoms with Crippen molar-refractivity contribution in [1.82, 2.24) is 10.2 Å². The molecule has 0 spiro atoms. The topological polar surface area (TPSA) is 28.4 Å². The highest BCUT2D eigenvalue weighted by molar-refractivity contribution is 9.10. The zero-order chi connectivity index (χ0) is 15.2. The van der Waals surface area contributed by atoms with Crippen LogP contribution in [-0.4, -0.2) is 23.6 Å². The SMILES string of the molecule is C=CCNC(=S)N(C)Cc1ccc(-c2ccc(Br)cc2)o1. The molecule has 0 fully saturated rings. The normalized spacial score (nSPS) is 10.2. The van der Waals surface area contributed by atoms with Gasteiger partial charge >= 0.3 is 0 Å². The summed E-state index contributed by atoms with van der Waals surface area (Å²) in [4.78, 5) is 1.93. The predicted octanol–water partition coefficient (Wildman–Crippen LogP) is 4.20. The summed E-state index contributed by atoms with van der Waals surface area (Å²) in [5.41, 5.74) is 1.06. The molecule has 3 nitrogen and oxygen atoms in total. The third-order valence-electron chi connectivity index (χ3n) is 2.93. The summed E-state index contributed by atoms with van der Waals surface area (Å²) in [5, 5.41) is 3.77. The van der Waals surface area contributed by atoms with Crippen molar-refractivity contribution in [3.8, 4) is 11.3 Å². The number of hydrogen-bond acceptors (Lipinski definition) is 2. The molecule has 0 saturated heterocycles. The maximum Gasteiger partial charge on any atom is 0.169 e. The second kappa shape index (κ2) is 7.43. The lowest BCUT2D eigenvalue weighted by Gasteiger charge is -2.19. The molecule has 1 heterocycles. The quantitative estimate of drug-likeness (QED) is 0.635. The molecule has 0 aliphatic carbocycles. The Balaban J connectivity index is 2.01. The van der Waals surface area contributed by atoms with Gasteiger partial charge in [-0.3, -0.25) is 0 Å². The molecular weight excluding hydrogens is 348 g/mol. The van der Waals surface area contributed by atoms with Crippen molar-refractivity contribution in [3.05, 3.63) is 59.3 Å². The van der Waals surface area contributed by atoms with Gasteiger partial charge in [0, 0.05) is 23.6 Å². The summed E-state index contributed by atoms with van der Waals surface area (Å²) in [5.74, 6) is 1.73. The van der Waals surface area contributed by atoms with Crippen molar-refractivity contribution in [2.75, 3.05) is 13.6 Å². The van der Waals surface area contributed by atoms with E-state index in [0.29, 0.717) is 18.2 Å². The van der Waals surface area contributed by atoms with Crippen molar-refractivity contribution in [3.63, 3.8) is 0 Å². The molecule has 5 heteroatoms. The number of thiocarbonyl (C=S) groups is 1. The number of benzene rings is 1. The molecule has 0 aliphatic rings. The minimum atomic E-state index is 0.625. The zero-order valence-electron chi connectivity index (χ0n) is 11.8. The standard InChI is InChI=1S/C16H17BrN2OS/c1-3-10-18-16(21)19(2)11-14-8-9-15(20-14)12-4-6-13(17)7-5-12/h3-9H,1,10-11H2,2H3,(H,18,21). The summed E-state index contributed by atoms with van der Waals surface area (Å²) < 4.78 is 6.92. The van der Waals surface area contributed by atoms with Crippen LogP contribution in [0.1, 0.15) is 5.76 Å². The molecule has 0 amide bonds. The van der Waals surface area contributed by atoms with E-state index in [4.69, 9.17) is 16.6 Å². The Morgan fingerprint density at radius 3 is 2.71 bits per heavy atom. The van der Waals surface area contributed by atoms with Crippen LogP contribution < -0.4 is 5.32 Å². The molecule has 0 atom stereocenters. The maximum atomic E-state index is 5.87. The molecule has 110 valence electrons. The van der Waals surface area contributed by atoms with Crippen LogP contribution >= 0.6 is 28.1 Å². The molecule has 0 saturated carbocycles. The van der Waals surface area contributed by atoms with E-state index in [1.54, 1.807) is 6.08 Å². The van der Waals surface area contributed by atoms with E-state index < -0.39 is 0 Å². The van der Waals surface area contributed by atoms with Gasteiger partial charge < -0.3 is 14.6 Å². The minimum Gasteiger partial charge on any atom is -0.459 e. The van der Waals surface area contributed by atoms with Crippen LogP contribution in [0, 0.1) is 0 Å². The molecular formula is C16H17BrN2OS. The highest BCUT2D eigenvalue weighted by Gasteiger charge is 2.09. The fraction of sp³-hybridized carbons (Fsp3) is 0.188. The van der Waals surface area contributed by atoms with Gasteiger partial charge in [-0.05, 0) is 36.5 Å².